The van der Waals surface area contributed by atoms with E-state index in [2.05, 4.69) is 61.9 Å². The maximum absolute atomic E-state index is 4.58. The number of benzene rings is 1. The van der Waals surface area contributed by atoms with E-state index >= 15 is 0 Å². The summed E-state index contributed by atoms with van der Waals surface area (Å²) in [5, 5.41) is 0. The monoisotopic (exact) mass is 352 g/mol. The highest BCUT2D eigenvalue weighted by atomic mass is 14.9. The van der Waals surface area contributed by atoms with E-state index in [1.807, 2.05) is 12.4 Å². The van der Waals surface area contributed by atoms with E-state index in [0.29, 0.717) is 0 Å². The van der Waals surface area contributed by atoms with Gasteiger partial charge in [-0.3, -0.25) is 0 Å². The van der Waals surface area contributed by atoms with Gasteiger partial charge in [0.2, 0.25) is 0 Å². The van der Waals surface area contributed by atoms with E-state index in [-0.39, 0.29) is 5.41 Å². The Morgan fingerprint density at radius 2 is 1.27 bits per heavy atom. The Kier molecular flexibility index (Phi) is 8.28. The second-order valence-corrected chi connectivity index (χ2v) is 8.47. The molecule has 0 atom stereocenters. The number of aromatic nitrogens is 2. The fourth-order valence-electron chi connectivity index (χ4n) is 3.22. The zero-order valence-electron chi connectivity index (χ0n) is 17.2. The van der Waals surface area contributed by atoms with Crippen LogP contribution in [0.3, 0.4) is 0 Å². The van der Waals surface area contributed by atoms with Crippen LogP contribution in [-0.4, -0.2) is 9.97 Å². The topological polar surface area (TPSA) is 25.8 Å². The molecule has 2 rings (SSSR count). The van der Waals surface area contributed by atoms with Crippen LogP contribution in [0.25, 0.3) is 11.4 Å². The van der Waals surface area contributed by atoms with Crippen molar-refractivity contribution in [2.24, 2.45) is 0 Å². The molecule has 1 heterocycles. The van der Waals surface area contributed by atoms with E-state index < -0.39 is 0 Å². The van der Waals surface area contributed by atoms with Gasteiger partial charge in [0.25, 0.3) is 0 Å². The van der Waals surface area contributed by atoms with Crippen LogP contribution in [0.1, 0.15) is 90.2 Å². The lowest BCUT2D eigenvalue weighted by atomic mass is 9.87. The Bertz CT molecular complexity index is 621. The second kappa shape index (κ2) is 10.4. The van der Waals surface area contributed by atoms with E-state index in [4.69, 9.17) is 0 Å². The predicted octanol–water partition coefficient (Wildman–Crippen LogP) is 7.12. The molecule has 0 amide bonds. The standard InChI is InChI=1S/C24H36N2/c1-5-6-7-8-9-10-11-12-13-20-18-25-23(26-19-20)21-14-16-22(17-15-21)24(2,3)4/h14-19H,5-13H2,1-4H3. The van der Waals surface area contributed by atoms with Crippen molar-refractivity contribution < 1.29 is 0 Å². The van der Waals surface area contributed by atoms with Crippen molar-refractivity contribution in [3.05, 3.63) is 47.8 Å². The van der Waals surface area contributed by atoms with Crippen molar-refractivity contribution in [2.75, 3.05) is 0 Å². The number of rotatable bonds is 10. The number of hydrogen-bond acceptors (Lipinski definition) is 2. The van der Waals surface area contributed by atoms with Crippen molar-refractivity contribution in [3.63, 3.8) is 0 Å². The third kappa shape index (κ3) is 6.90. The molecule has 0 spiro atoms. The highest BCUT2D eigenvalue weighted by Crippen LogP contribution is 2.24. The molecule has 2 nitrogen and oxygen atoms in total. The van der Waals surface area contributed by atoms with E-state index in [0.717, 1.165) is 17.8 Å². The summed E-state index contributed by atoms with van der Waals surface area (Å²) in [6.45, 7) is 8.98. The second-order valence-electron chi connectivity index (χ2n) is 8.47. The fraction of sp³-hybridized carbons (Fsp3) is 0.583. The van der Waals surface area contributed by atoms with Crippen molar-refractivity contribution in [3.8, 4) is 11.4 Å². The Morgan fingerprint density at radius 1 is 0.731 bits per heavy atom. The highest BCUT2D eigenvalue weighted by molar-refractivity contribution is 5.55. The molecule has 1 aromatic heterocycles. The molecule has 26 heavy (non-hydrogen) atoms. The molecule has 2 aromatic rings. The van der Waals surface area contributed by atoms with Gasteiger partial charge in [0.15, 0.2) is 5.82 Å². The molecule has 2 heteroatoms. The lowest BCUT2D eigenvalue weighted by Crippen LogP contribution is -2.10. The summed E-state index contributed by atoms with van der Waals surface area (Å²) in [4.78, 5) is 9.16. The molecule has 0 aliphatic rings. The van der Waals surface area contributed by atoms with Crippen LogP contribution in [0.4, 0.5) is 0 Å². The molecule has 0 bridgehead atoms. The average molecular weight is 353 g/mol. The van der Waals surface area contributed by atoms with Crippen LogP contribution in [0.2, 0.25) is 0 Å². The molecule has 0 saturated heterocycles. The summed E-state index contributed by atoms with van der Waals surface area (Å²) in [6.07, 6.45) is 15.9. The zero-order valence-corrected chi connectivity index (χ0v) is 17.2. The maximum Gasteiger partial charge on any atom is 0.159 e. The summed E-state index contributed by atoms with van der Waals surface area (Å²) < 4.78 is 0. The van der Waals surface area contributed by atoms with E-state index in [9.17, 15) is 0 Å². The molecule has 0 fully saturated rings. The summed E-state index contributed by atoms with van der Waals surface area (Å²) in [5.74, 6) is 0.824. The largest absolute Gasteiger partial charge is 0.236 e. The van der Waals surface area contributed by atoms with Gasteiger partial charge < -0.3 is 0 Å². The molecule has 0 unspecified atom stereocenters. The Balaban J connectivity index is 1.76. The Hall–Kier alpha value is -1.70. The normalized spacial score (nSPS) is 11.7. The minimum atomic E-state index is 0.180. The summed E-state index contributed by atoms with van der Waals surface area (Å²) in [6, 6.07) is 8.64. The van der Waals surface area contributed by atoms with Crippen LogP contribution < -0.4 is 0 Å². The zero-order chi connectivity index (χ0) is 18.8. The van der Waals surface area contributed by atoms with Crippen molar-refractivity contribution in [1.29, 1.82) is 0 Å². The number of hydrogen-bond donors (Lipinski definition) is 0. The van der Waals surface area contributed by atoms with Crippen LogP contribution in [-0.2, 0) is 11.8 Å². The molecule has 142 valence electrons. The third-order valence-corrected chi connectivity index (χ3v) is 5.03. The molecule has 1 aromatic carbocycles. The first-order chi connectivity index (χ1) is 12.5. The Labute approximate surface area is 160 Å². The third-order valence-electron chi connectivity index (χ3n) is 5.03. The minimum absolute atomic E-state index is 0.180. The maximum atomic E-state index is 4.58. The van der Waals surface area contributed by atoms with Crippen molar-refractivity contribution in [2.45, 2.75) is 90.9 Å². The van der Waals surface area contributed by atoms with Crippen LogP contribution in [0, 0.1) is 0 Å². The van der Waals surface area contributed by atoms with Gasteiger partial charge in [0.05, 0.1) is 0 Å². The number of nitrogens with zero attached hydrogens (tertiary/aromatic N) is 2. The molecule has 0 aliphatic heterocycles. The van der Waals surface area contributed by atoms with Gasteiger partial charge >= 0.3 is 0 Å². The lowest BCUT2D eigenvalue weighted by molar-refractivity contribution is 0.575. The van der Waals surface area contributed by atoms with E-state index in [1.54, 1.807) is 0 Å². The predicted molar refractivity (Wildman–Crippen MR) is 112 cm³/mol. The lowest BCUT2D eigenvalue weighted by Gasteiger charge is -2.18. The van der Waals surface area contributed by atoms with Gasteiger partial charge in [-0.05, 0) is 29.4 Å². The van der Waals surface area contributed by atoms with Gasteiger partial charge in [-0.25, -0.2) is 9.97 Å². The van der Waals surface area contributed by atoms with Gasteiger partial charge in [0.1, 0.15) is 0 Å². The first kappa shape index (κ1) is 20.6. The van der Waals surface area contributed by atoms with Crippen LogP contribution in [0.5, 0.6) is 0 Å². The first-order valence-electron chi connectivity index (χ1n) is 10.4. The van der Waals surface area contributed by atoms with E-state index in [1.165, 1.54) is 62.5 Å². The summed E-state index contributed by atoms with van der Waals surface area (Å²) >= 11 is 0. The quantitative estimate of drug-likeness (QED) is 0.425. The van der Waals surface area contributed by atoms with Gasteiger partial charge in [0, 0.05) is 18.0 Å². The van der Waals surface area contributed by atoms with Gasteiger partial charge in [-0.2, -0.15) is 0 Å². The van der Waals surface area contributed by atoms with Crippen LogP contribution >= 0.6 is 0 Å². The number of aryl methyl sites for hydroxylation is 1. The SMILES string of the molecule is CCCCCCCCCCc1cnc(-c2ccc(C(C)(C)C)cc2)nc1. The molecule has 0 aliphatic carbocycles. The van der Waals surface area contributed by atoms with Gasteiger partial charge in [-0.1, -0.05) is 96.9 Å². The fourth-order valence-corrected chi connectivity index (χ4v) is 3.22. The molecular formula is C24H36N2. The highest BCUT2D eigenvalue weighted by Gasteiger charge is 2.13. The van der Waals surface area contributed by atoms with Crippen molar-refractivity contribution >= 4 is 0 Å². The molecule has 0 saturated carbocycles. The summed E-state index contributed by atoms with van der Waals surface area (Å²) in [7, 11) is 0. The molecule has 0 N–H and O–H groups in total. The van der Waals surface area contributed by atoms with Crippen molar-refractivity contribution in [1.82, 2.24) is 9.97 Å². The summed E-state index contributed by atoms with van der Waals surface area (Å²) in [5.41, 5.74) is 3.87. The first-order valence-corrected chi connectivity index (χ1v) is 10.4. The molecule has 0 radical (unpaired) electrons. The minimum Gasteiger partial charge on any atom is -0.236 e. The number of unbranched alkanes of at least 4 members (excludes halogenated alkanes) is 7. The smallest absolute Gasteiger partial charge is 0.159 e. The Morgan fingerprint density at radius 3 is 1.81 bits per heavy atom. The molecular weight excluding hydrogens is 316 g/mol. The van der Waals surface area contributed by atoms with Crippen LogP contribution in [0.15, 0.2) is 36.7 Å². The average Bonchev–Trinajstić information content (AvgIpc) is 2.64. The van der Waals surface area contributed by atoms with Gasteiger partial charge in [-0.15, -0.1) is 0 Å².